The van der Waals surface area contributed by atoms with Crippen LogP contribution >= 0.6 is 11.8 Å². The predicted octanol–water partition coefficient (Wildman–Crippen LogP) is 3.10. The molecular formula is C20H17N5O3S. The van der Waals surface area contributed by atoms with Crippen LogP contribution < -0.4 is 5.32 Å². The summed E-state index contributed by atoms with van der Waals surface area (Å²) in [6.45, 7) is 1.81. The molecule has 1 N–H and O–H groups in total. The van der Waals surface area contributed by atoms with Gasteiger partial charge in [0.15, 0.2) is 10.8 Å². The monoisotopic (exact) mass is 407 g/mol. The summed E-state index contributed by atoms with van der Waals surface area (Å²) in [4.78, 5) is 33.5. The zero-order chi connectivity index (χ0) is 20.4. The Kier molecular flexibility index (Phi) is 5.13. The van der Waals surface area contributed by atoms with Gasteiger partial charge in [0.25, 0.3) is 0 Å². The van der Waals surface area contributed by atoms with Crippen molar-refractivity contribution in [3.63, 3.8) is 0 Å². The highest BCUT2D eigenvalue weighted by Gasteiger charge is 2.16. The number of ether oxygens (including phenoxy) is 1. The molecule has 0 fully saturated rings. The quantitative estimate of drug-likeness (QED) is 0.308. The molecule has 0 spiro atoms. The summed E-state index contributed by atoms with van der Waals surface area (Å²) in [5, 5.41) is 8.62. The van der Waals surface area contributed by atoms with E-state index in [-0.39, 0.29) is 11.7 Å². The van der Waals surface area contributed by atoms with E-state index in [9.17, 15) is 9.59 Å². The van der Waals surface area contributed by atoms with Gasteiger partial charge in [0.05, 0.1) is 29.6 Å². The lowest BCUT2D eigenvalue weighted by atomic mass is 10.2. The van der Waals surface area contributed by atoms with E-state index in [4.69, 9.17) is 4.74 Å². The Morgan fingerprint density at radius 2 is 1.86 bits per heavy atom. The van der Waals surface area contributed by atoms with Gasteiger partial charge in [0.1, 0.15) is 5.82 Å². The molecule has 0 aliphatic rings. The Hall–Kier alpha value is -3.46. The summed E-state index contributed by atoms with van der Waals surface area (Å²) in [7, 11) is 1.30. The van der Waals surface area contributed by atoms with Gasteiger partial charge in [-0.3, -0.25) is 4.79 Å². The zero-order valence-electron chi connectivity index (χ0n) is 15.7. The molecule has 0 radical (unpaired) electrons. The van der Waals surface area contributed by atoms with Crippen molar-refractivity contribution in [1.82, 2.24) is 19.6 Å². The number of fused-ring (bicyclic) bond motifs is 3. The minimum Gasteiger partial charge on any atom is -0.465 e. The minimum atomic E-state index is -0.510. The fraction of sp³-hybridized carbons (Fsp3) is 0.150. The third-order valence-electron chi connectivity index (χ3n) is 4.19. The van der Waals surface area contributed by atoms with Gasteiger partial charge in [-0.1, -0.05) is 36.0 Å². The molecule has 2 heterocycles. The summed E-state index contributed by atoms with van der Waals surface area (Å²) in [5.41, 5.74) is 2.18. The van der Waals surface area contributed by atoms with Crippen molar-refractivity contribution in [1.29, 1.82) is 0 Å². The first-order chi connectivity index (χ1) is 14.1. The van der Waals surface area contributed by atoms with Crippen molar-refractivity contribution >= 4 is 45.9 Å². The fourth-order valence-electron chi connectivity index (χ4n) is 2.92. The Bertz CT molecular complexity index is 1240. The van der Waals surface area contributed by atoms with Gasteiger partial charge in [0, 0.05) is 5.39 Å². The standard InChI is InChI=1S/C20H17N5O3S/c1-12-21-18-13-7-3-5-9-15(13)23-20(25(18)24-12)29-11-17(26)22-16-10-6-4-8-14(16)19(27)28-2/h3-10H,11H2,1-2H3,(H,22,26). The topological polar surface area (TPSA) is 98.5 Å². The van der Waals surface area contributed by atoms with Crippen LogP contribution in [0.4, 0.5) is 5.69 Å². The van der Waals surface area contributed by atoms with Gasteiger partial charge < -0.3 is 10.1 Å². The molecule has 4 rings (SSSR count). The highest BCUT2D eigenvalue weighted by Crippen LogP contribution is 2.24. The number of rotatable bonds is 5. The molecule has 0 aliphatic heterocycles. The highest BCUT2D eigenvalue weighted by molar-refractivity contribution is 7.99. The van der Waals surface area contributed by atoms with Crippen LogP contribution in [0.5, 0.6) is 0 Å². The third kappa shape index (κ3) is 3.77. The van der Waals surface area contributed by atoms with E-state index in [2.05, 4.69) is 20.4 Å². The van der Waals surface area contributed by atoms with Crippen LogP contribution in [0.3, 0.4) is 0 Å². The Morgan fingerprint density at radius 1 is 1.10 bits per heavy atom. The van der Waals surface area contributed by atoms with E-state index in [1.165, 1.54) is 18.9 Å². The number of esters is 1. The summed E-state index contributed by atoms with van der Waals surface area (Å²) >= 11 is 1.25. The number of hydrogen-bond donors (Lipinski definition) is 1. The minimum absolute atomic E-state index is 0.0921. The summed E-state index contributed by atoms with van der Waals surface area (Å²) < 4.78 is 6.41. The number of aromatic nitrogens is 4. The Labute approximate surface area is 170 Å². The first-order valence-corrected chi connectivity index (χ1v) is 9.77. The van der Waals surface area contributed by atoms with E-state index in [1.54, 1.807) is 28.8 Å². The molecule has 0 bridgehead atoms. The second-order valence-electron chi connectivity index (χ2n) is 6.18. The number of thioether (sulfide) groups is 1. The lowest BCUT2D eigenvalue weighted by molar-refractivity contribution is -0.113. The maximum atomic E-state index is 12.5. The van der Waals surface area contributed by atoms with Crippen molar-refractivity contribution in [2.45, 2.75) is 12.1 Å². The average molecular weight is 407 g/mol. The van der Waals surface area contributed by atoms with Crippen LogP contribution in [-0.2, 0) is 9.53 Å². The van der Waals surface area contributed by atoms with Crippen LogP contribution in [0.15, 0.2) is 53.7 Å². The zero-order valence-corrected chi connectivity index (χ0v) is 16.6. The van der Waals surface area contributed by atoms with Gasteiger partial charge >= 0.3 is 5.97 Å². The smallest absolute Gasteiger partial charge is 0.339 e. The number of anilines is 1. The first-order valence-electron chi connectivity index (χ1n) is 8.79. The summed E-state index contributed by atoms with van der Waals surface area (Å²) in [6, 6.07) is 14.4. The molecule has 9 heteroatoms. The van der Waals surface area contributed by atoms with E-state index in [1.807, 2.05) is 31.2 Å². The molecule has 1 amide bonds. The number of carbonyl (C=O) groups is 2. The molecule has 29 heavy (non-hydrogen) atoms. The van der Waals surface area contributed by atoms with Gasteiger partial charge in [-0.05, 0) is 31.2 Å². The van der Waals surface area contributed by atoms with Gasteiger partial charge in [0.2, 0.25) is 5.91 Å². The normalized spacial score (nSPS) is 11.0. The highest BCUT2D eigenvalue weighted by atomic mass is 32.2. The summed E-state index contributed by atoms with van der Waals surface area (Å²) in [6.07, 6.45) is 0. The molecule has 8 nitrogen and oxygen atoms in total. The SMILES string of the molecule is COC(=O)c1ccccc1NC(=O)CSc1nc2ccccc2c2nc(C)nn12. The summed E-state index contributed by atoms with van der Waals surface area (Å²) in [5.74, 6) is -0.0632. The van der Waals surface area contributed by atoms with Crippen molar-refractivity contribution in [3.05, 3.63) is 59.9 Å². The second kappa shape index (κ2) is 7.88. The molecule has 0 aliphatic carbocycles. The lowest BCUT2D eigenvalue weighted by Gasteiger charge is -2.10. The molecule has 2 aromatic carbocycles. The number of carbonyl (C=O) groups excluding carboxylic acids is 2. The Balaban J connectivity index is 1.57. The van der Waals surface area contributed by atoms with E-state index >= 15 is 0 Å². The fourth-order valence-corrected chi connectivity index (χ4v) is 3.67. The number of aryl methyl sites for hydroxylation is 1. The van der Waals surface area contributed by atoms with Crippen molar-refractivity contribution in [3.8, 4) is 0 Å². The lowest BCUT2D eigenvalue weighted by Crippen LogP contribution is -2.17. The second-order valence-corrected chi connectivity index (χ2v) is 7.12. The Morgan fingerprint density at radius 3 is 2.69 bits per heavy atom. The van der Waals surface area contributed by atoms with Crippen molar-refractivity contribution < 1.29 is 14.3 Å². The van der Waals surface area contributed by atoms with Gasteiger partial charge in [-0.25, -0.2) is 14.8 Å². The van der Waals surface area contributed by atoms with E-state index in [0.29, 0.717) is 27.9 Å². The number of methoxy groups -OCH3 is 1. The largest absolute Gasteiger partial charge is 0.465 e. The van der Waals surface area contributed by atoms with Crippen LogP contribution in [-0.4, -0.2) is 44.3 Å². The number of para-hydroxylation sites is 2. The molecular weight excluding hydrogens is 390 g/mol. The van der Waals surface area contributed by atoms with Crippen molar-refractivity contribution in [2.24, 2.45) is 0 Å². The average Bonchev–Trinajstić information content (AvgIpc) is 3.13. The van der Waals surface area contributed by atoms with Crippen LogP contribution in [0.25, 0.3) is 16.6 Å². The number of nitrogens with one attached hydrogen (secondary N) is 1. The van der Waals surface area contributed by atoms with Gasteiger partial charge in [-0.15, -0.1) is 5.10 Å². The van der Waals surface area contributed by atoms with Crippen LogP contribution in [0.1, 0.15) is 16.2 Å². The number of amides is 1. The molecule has 4 aromatic rings. The number of nitrogens with zero attached hydrogens (tertiary/aromatic N) is 4. The maximum absolute atomic E-state index is 12.5. The number of benzene rings is 2. The molecule has 0 saturated carbocycles. The molecule has 0 unspecified atom stereocenters. The molecule has 0 saturated heterocycles. The number of hydrogen-bond acceptors (Lipinski definition) is 7. The van der Waals surface area contributed by atoms with E-state index in [0.717, 1.165) is 10.9 Å². The molecule has 2 aromatic heterocycles. The molecule has 146 valence electrons. The van der Waals surface area contributed by atoms with Crippen molar-refractivity contribution in [2.75, 3.05) is 18.2 Å². The molecule has 0 atom stereocenters. The third-order valence-corrected chi connectivity index (χ3v) is 5.12. The van der Waals surface area contributed by atoms with E-state index < -0.39 is 5.97 Å². The predicted molar refractivity (Wildman–Crippen MR) is 110 cm³/mol. The maximum Gasteiger partial charge on any atom is 0.339 e. The first kappa shape index (κ1) is 18.9. The van der Waals surface area contributed by atoms with Crippen LogP contribution in [0.2, 0.25) is 0 Å². The van der Waals surface area contributed by atoms with Gasteiger partial charge in [-0.2, -0.15) is 4.52 Å². The van der Waals surface area contributed by atoms with Crippen LogP contribution in [0, 0.1) is 6.92 Å².